The number of esters is 1. The number of anilines is 1. The Kier molecular flexibility index (Phi) is 3.61. The van der Waals surface area contributed by atoms with E-state index < -0.39 is 5.97 Å². The second-order valence-corrected chi connectivity index (χ2v) is 4.95. The molecule has 0 bridgehead atoms. The lowest BCUT2D eigenvalue weighted by molar-refractivity contribution is 0.0601. The van der Waals surface area contributed by atoms with Gasteiger partial charge in [-0.3, -0.25) is 0 Å². The molecule has 1 heterocycles. The summed E-state index contributed by atoms with van der Waals surface area (Å²) in [4.78, 5) is 11.4. The largest absolute Gasteiger partial charge is 0.465 e. The van der Waals surface area contributed by atoms with Crippen molar-refractivity contribution >= 4 is 27.6 Å². The SMILES string of the molecule is COC(=O)c1ccc(-n2nc(C)c(Br)c2C)c(N)c1. The smallest absolute Gasteiger partial charge is 0.337 e. The molecule has 0 radical (unpaired) electrons. The Morgan fingerprint density at radius 1 is 1.42 bits per heavy atom. The summed E-state index contributed by atoms with van der Waals surface area (Å²) in [5.74, 6) is -0.409. The molecule has 2 aromatic rings. The Bertz CT molecular complexity index is 650. The third-order valence-electron chi connectivity index (χ3n) is 2.88. The number of methoxy groups -OCH3 is 1. The minimum absolute atomic E-state index is 0.409. The lowest BCUT2D eigenvalue weighted by atomic mass is 10.1. The topological polar surface area (TPSA) is 70.1 Å². The summed E-state index contributed by atoms with van der Waals surface area (Å²) in [5.41, 5.74) is 9.46. The van der Waals surface area contributed by atoms with E-state index >= 15 is 0 Å². The number of carbonyl (C=O) groups is 1. The van der Waals surface area contributed by atoms with E-state index in [0.29, 0.717) is 11.3 Å². The molecule has 100 valence electrons. The minimum Gasteiger partial charge on any atom is -0.465 e. The Balaban J connectivity index is 2.52. The molecule has 0 aliphatic rings. The number of nitrogens with zero attached hydrogens (tertiary/aromatic N) is 2. The third kappa shape index (κ3) is 2.35. The first-order chi connectivity index (χ1) is 8.95. The van der Waals surface area contributed by atoms with Gasteiger partial charge in [-0.05, 0) is 48.0 Å². The molecule has 2 N–H and O–H groups in total. The molecular formula is C13H14BrN3O2. The summed E-state index contributed by atoms with van der Waals surface area (Å²) in [7, 11) is 1.34. The molecule has 0 atom stereocenters. The van der Waals surface area contributed by atoms with Crippen LogP contribution in [-0.4, -0.2) is 22.9 Å². The maximum Gasteiger partial charge on any atom is 0.337 e. The highest BCUT2D eigenvalue weighted by atomic mass is 79.9. The van der Waals surface area contributed by atoms with Gasteiger partial charge in [0.2, 0.25) is 0 Å². The number of rotatable bonds is 2. The molecule has 0 amide bonds. The fraction of sp³-hybridized carbons (Fsp3) is 0.231. The normalized spacial score (nSPS) is 10.5. The highest BCUT2D eigenvalue weighted by Crippen LogP contribution is 2.26. The van der Waals surface area contributed by atoms with Crippen molar-refractivity contribution in [3.05, 3.63) is 39.6 Å². The fourth-order valence-electron chi connectivity index (χ4n) is 1.85. The quantitative estimate of drug-likeness (QED) is 0.681. The number of nitrogens with two attached hydrogens (primary N) is 1. The second kappa shape index (κ2) is 5.05. The first-order valence-corrected chi connectivity index (χ1v) is 6.45. The van der Waals surface area contributed by atoms with Crippen molar-refractivity contribution in [3.63, 3.8) is 0 Å². The minimum atomic E-state index is -0.409. The molecule has 1 aromatic carbocycles. The number of aryl methyl sites for hydroxylation is 1. The summed E-state index contributed by atoms with van der Waals surface area (Å²) in [5, 5.41) is 4.41. The molecule has 0 aliphatic carbocycles. The first-order valence-electron chi connectivity index (χ1n) is 5.65. The fourth-order valence-corrected chi connectivity index (χ4v) is 2.10. The number of ether oxygens (including phenoxy) is 1. The van der Waals surface area contributed by atoms with Crippen LogP contribution in [0.15, 0.2) is 22.7 Å². The average molecular weight is 324 g/mol. The molecule has 0 unspecified atom stereocenters. The average Bonchev–Trinajstić information content (AvgIpc) is 2.65. The number of hydrogen-bond donors (Lipinski definition) is 1. The van der Waals surface area contributed by atoms with Crippen LogP contribution in [0.4, 0.5) is 5.69 Å². The summed E-state index contributed by atoms with van der Waals surface area (Å²) < 4.78 is 7.35. The Labute approximate surface area is 119 Å². The van der Waals surface area contributed by atoms with E-state index in [-0.39, 0.29) is 0 Å². The van der Waals surface area contributed by atoms with Crippen LogP contribution in [-0.2, 0) is 4.74 Å². The predicted octanol–water partition coefficient (Wildman–Crippen LogP) is 2.62. The maximum absolute atomic E-state index is 11.4. The Morgan fingerprint density at radius 3 is 2.58 bits per heavy atom. The number of aromatic nitrogens is 2. The van der Waals surface area contributed by atoms with E-state index in [1.54, 1.807) is 22.9 Å². The van der Waals surface area contributed by atoms with E-state index in [9.17, 15) is 4.79 Å². The number of hydrogen-bond acceptors (Lipinski definition) is 4. The van der Waals surface area contributed by atoms with Gasteiger partial charge >= 0.3 is 5.97 Å². The van der Waals surface area contributed by atoms with Crippen molar-refractivity contribution in [2.24, 2.45) is 0 Å². The zero-order valence-electron chi connectivity index (χ0n) is 10.9. The van der Waals surface area contributed by atoms with E-state index in [1.807, 2.05) is 13.8 Å². The first kappa shape index (κ1) is 13.6. The van der Waals surface area contributed by atoms with Crippen molar-refractivity contribution in [3.8, 4) is 5.69 Å². The van der Waals surface area contributed by atoms with Gasteiger partial charge in [-0.25, -0.2) is 9.48 Å². The monoisotopic (exact) mass is 323 g/mol. The standard InChI is InChI=1S/C13H14BrN3O2/c1-7-12(14)8(2)17(16-7)11-5-4-9(6-10(11)15)13(18)19-3/h4-6H,15H2,1-3H3. The van der Waals surface area contributed by atoms with E-state index in [2.05, 4.69) is 25.8 Å². The summed E-state index contributed by atoms with van der Waals surface area (Å²) in [6.07, 6.45) is 0. The van der Waals surface area contributed by atoms with Gasteiger partial charge in [-0.1, -0.05) is 0 Å². The lowest BCUT2D eigenvalue weighted by Gasteiger charge is -2.09. The highest BCUT2D eigenvalue weighted by Gasteiger charge is 2.14. The van der Waals surface area contributed by atoms with Crippen molar-refractivity contribution in [1.82, 2.24) is 9.78 Å². The molecule has 1 aromatic heterocycles. The van der Waals surface area contributed by atoms with Crippen LogP contribution in [0, 0.1) is 13.8 Å². The lowest BCUT2D eigenvalue weighted by Crippen LogP contribution is -2.07. The van der Waals surface area contributed by atoms with Gasteiger partial charge in [-0.2, -0.15) is 5.10 Å². The maximum atomic E-state index is 11.4. The van der Waals surface area contributed by atoms with Crippen LogP contribution in [0.2, 0.25) is 0 Å². The highest BCUT2D eigenvalue weighted by molar-refractivity contribution is 9.10. The van der Waals surface area contributed by atoms with Crippen LogP contribution in [0.1, 0.15) is 21.7 Å². The molecule has 0 saturated heterocycles. The number of carbonyl (C=O) groups excluding carboxylic acids is 1. The zero-order chi connectivity index (χ0) is 14.2. The van der Waals surface area contributed by atoms with E-state index in [1.165, 1.54) is 7.11 Å². The molecule has 19 heavy (non-hydrogen) atoms. The molecule has 0 spiro atoms. The van der Waals surface area contributed by atoms with Crippen LogP contribution < -0.4 is 5.73 Å². The van der Waals surface area contributed by atoms with Crippen LogP contribution in [0.5, 0.6) is 0 Å². The van der Waals surface area contributed by atoms with Gasteiger partial charge in [0.05, 0.1) is 39.9 Å². The van der Waals surface area contributed by atoms with Crippen LogP contribution in [0.25, 0.3) is 5.69 Å². The molecular weight excluding hydrogens is 310 g/mol. The number of nitrogen functional groups attached to an aromatic ring is 1. The Hall–Kier alpha value is -1.82. The molecule has 0 fully saturated rings. The number of halogens is 1. The predicted molar refractivity (Wildman–Crippen MR) is 76.5 cm³/mol. The zero-order valence-corrected chi connectivity index (χ0v) is 12.5. The second-order valence-electron chi connectivity index (χ2n) is 4.16. The van der Waals surface area contributed by atoms with Gasteiger partial charge in [0, 0.05) is 0 Å². The van der Waals surface area contributed by atoms with Crippen molar-refractivity contribution in [2.45, 2.75) is 13.8 Å². The molecule has 0 aliphatic heterocycles. The van der Waals surface area contributed by atoms with Gasteiger partial charge in [-0.15, -0.1) is 0 Å². The van der Waals surface area contributed by atoms with Crippen molar-refractivity contribution < 1.29 is 9.53 Å². The van der Waals surface area contributed by atoms with Gasteiger partial charge in [0.25, 0.3) is 0 Å². The summed E-state index contributed by atoms with van der Waals surface area (Å²) in [6.45, 7) is 3.85. The molecule has 2 rings (SSSR count). The van der Waals surface area contributed by atoms with Gasteiger partial charge < -0.3 is 10.5 Å². The van der Waals surface area contributed by atoms with Gasteiger partial charge in [0.15, 0.2) is 0 Å². The van der Waals surface area contributed by atoms with E-state index in [0.717, 1.165) is 21.5 Å². The van der Waals surface area contributed by atoms with Crippen molar-refractivity contribution in [1.29, 1.82) is 0 Å². The van der Waals surface area contributed by atoms with Crippen molar-refractivity contribution in [2.75, 3.05) is 12.8 Å². The molecule has 5 nitrogen and oxygen atoms in total. The summed E-state index contributed by atoms with van der Waals surface area (Å²) in [6, 6.07) is 5.01. The molecule has 6 heteroatoms. The third-order valence-corrected chi connectivity index (χ3v) is 4.03. The summed E-state index contributed by atoms with van der Waals surface area (Å²) >= 11 is 3.47. The number of benzene rings is 1. The Morgan fingerprint density at radius 2 is 2.11 bits per heavy atom. The van der Waals surface area contributed by atoms with E-state index in [4.69, 9.17) is 5.73 Å². The molecule has 0 saturated carbocycles. The van der Waals surface area contributed by atoms with Crippen LogP contribution >= 0.6 is 15.9 Å². The van der Waals surface area contributed by atoms with Crippen LogP contribution in [0.3, 0.4) is 0 Å². The van der Waals surface area contributed by atoms with Gasteiger partial charge in [0.1, 0.15) is 0 Å².